The second kappa shape index (κ2) is 4.48. The van der Waals surface area contributed by atoms with Gasteiger partial charge < -0.3 is 13.9 Å². The second-order valence-electron chi connectivity index (χ2n) is 3.00. The molecule has 84 valence electrons. The molecule has 0 aliphatic carbocycles. The van der Waals surface area contributed by atoms with Crippen molar-refractivity contribution in [1.82, 2.24) is 10.2 Å². The topological polar surface area (TPSA) is 89.4 Å². The first-order valence-corrected chi connectivity index (χ1v) is 5.23. The number of carboxylic acids is 1. The van der Waals surface area contributed by atoms with E-state index in [0.717, 1.165) is 0 Å². The van der Waals surface area contributed by atoms with Gasteiger partial charge in [-0.1, -0.05) is 0 Å². The van der Waals surface area contributed by atoms with Crippen molar-refractivity contribution in [2.75, 3.05) is 0 Å². The molecule has 0 radical (unpaired) electrons. The van der Waals surface area contributed by atoms with Gasteiger partial charge in [0.2, 0.25) is 5.89 Å². The van der Waals surface area contributed by atoms with Crippen molar-refractivity contribution in [3.8, 4) is 11.5 Å². The normalized spacial score (nSPS) is 10.6. The lowest BCUT2D eigenvalue weighted by atomic mass is 10.3. The lowest BCUT2D eigenvalue weighted by Gasteiger charge is -1.90. The summed E-state index contributed by atoms with van der Waals surface area (Å²) in [6, 6.07) is 1.68. The van der Waals surface area contributed by atoms with E-state index in [-0.39, 0.29) is 12.8 Å². The SMILES string of the molecule is O=C(O)CCc1nnc(-c2ccoc2Br)o1. The van der Waals surface area contributed by atoms with Crippen LogP contribution in [0.4, 0.5) is 0 Å². The molecule has 0 atom stereocenters. The third-order valence-corrected chi connectivity index (χ3v) is 2.48. The van der Waals surface area contributed by atoms with Crippen LogP contribution in [0.3, 0.4) is 0 Å². The number of aryl methyl sites for hydroxylation is 1. The van der Waals surface area contributed by atoms with Crippen molar-refractivity contribution in [3.63, 3.8) is 0 Å². The molecule has 0 saturated carbocycles. The Bertz CT molecular complexity index is 505. The van der Waals surface area contributed by atoms with Crippen LogP contribution in [-0.4, -0.2) is 21.3 Å². The van der Waals surface area contributed by atoms with Gasteiger partial charge in [0.1, 0.15) is 0 Å². The maximum Gasteiger partial charge on any atom is 0.303 e. The molecule has 0 spiro atoms. The molecule has 1 N–H and O–H groups in total. The average Bonchev–Trinajstić information content (AvgIpc) is 2.83. The van der Waals surface area contributed by atoms with Crippen LogP contribution < -0.4 is 0 Å². The third kappa shape index (κ3) is 2.30. The summed E-state index contributed by atoms with van der Waals surface area (Å²) in [5.41, 5.74) is 0.647. The standard InChI is InChI=1S/C9H7BrN2O4/c10-8-5(3-4-15-8)9-12-11-6(16-9)1-2-7(13)14/h3-4H,1-2H2,(H,13,14). The van der Waals surface area contributed by atoms with Crippen LogP contribution in [0.1, 0.15) is 12.3 Å². The molecule has 2 heterocycles. The van der Waals surface area contributed by atoms with E-state index in [1.54, 1.807) is 6.07 Å². The first-order chi connectivity index (χ1) is 7.66. The molecule has 0 saturated heterocycles. The third-order valence-electron chi connectivity index (χ3n) is 1.87. The summed E-state index contributed by atoms with van der Waals surface area (Å²) in [6.07, 6.45) is 1.67. The van der Waals surface area contributed by atoms with Crippen LogP contribution >= 0.6 is 15.9 Å². The fourth-order valence-electron chi connectivity index (χ4n) is 1.12. The van der Waals surface area contributed by atoms with Gasteiger partial charge in [0.15, 0.2) is 4.67 Å². The lowest BCUT2D eigenvalue weighted by molar-refractivity contribution is -0.137. The first-order valence-electron chi connectivity index (χ1n) is 4.44. The van der Waals surface area contributed by atoms with Crippen molar-refractivity contribution in [3.05, 3.63) is 22.9 Å². The van der Waals surface area contributed by atoms with Crippen molar-refractivity contribution in [1.29, 1.82) is 0 Å². The van der Waals surface area contributed by atoms with E-state index < -0.39 is 5.97 Å². The monoisotopic (exact) mass is 286 g/mol. The summed E-state index contributed by atoms with van der Waals surface area (Å²) in [4.78, 5) is 10.3. The van der Waals surface area contributed by atoms with Crippen molar-refractivity contribution >= 4 is 21.9 Å². The Hall–Kier alpha value is -1.63. The lowest BCUT2D eigenvalue weighted by Crippen LogP contribution is -1.97. The molecule has 2 aromatic rings. The molecular weight excluding hydrogens is 280 g/mol. The highest BCUT2D eigenvalue weighted by Crippen LogP contribution is 2.28. The zero-order valence-electron chi connectivity index (χ0n) is 8.01. The van der Waals surface area contributed by atoms with Gasteiger partial charge in [0.25, 0.3) is 5.89 Å². The molecule has 0 aliphatic rings. The highest BCUT2D eigenvalue weighted by atomic mass is 79.9. The highest BCUT2D eigenvalue weighted by Gasteiger charge is 2.14. The number of hydrogen-bond donors (Lipinski definition) is 1. The molecule has 2 rings (SSSR count). The number of carbonyl (C=O) groups is 1. The Labute approximate surface area is 98.4 Å². The molecule has 0 fully saturated rings. The van der Waals surface area contributed by atoms with Gasteiger partial charge in [0.05, 0.1) is 18.2 Å². The molecule has 6 nitrogen and oxygen atoms in total. The van der Waals surface area contributed by atoms with Crippen molar-refractivity contribution in [2.45, 2.75) is 12.8 Å². The van der Waals surface area contributed by atoms with E-state index >= 15 is 0 Å². The van der Waals surface area contributed by atoms with Crippen molar-refractivity contribution < 1.29 is 18.7 Å². The molecule has 16 heavy (non-hydrogen) atoms. The van der Waals surface area contributed by atoms with Crippen LogP contribution in [0.5, 0.6) is 0 Å². The number of furan rings is 1. The van der Waals surface area contributed by atoms with Gasteiger partial charge >= 0.3 is 5.97 Å². The number of rotatable bonds is 4. The molecule has 0 bridgehead atoms. The molecule has 0 aromatic carbocycles. The smallest absolute Gasteiger partial charge is 0.303 e. The predicted octanol–water partition coefficient (Wildman–Crippen LogP) is 2.11. The van der Waals surface area contributed by atoms with Gasteiger partial charge in [0, 0.05) is 6.42 Å². The van der Waals surface area contributed by atoms with Gasteiger partial charge in [-0.05, 0) is 22.0 Å². The number of aliphatic carboxylic acids is 1. The predicted molar refractivity (Wildman–Crippen MR) is 55.7 cm³/mol. The van der Waals surface area contributed by atoms with E-state index in [2.05, 4.69) is 26.1 Å². The Kier molecular flexibility index (Phi) is 3.04. The fourth-order valence-corrected chi connectivity index (χ4v) is 1.53. The minimum Gasteiger partial charge on any atom is -0.481 e. The van der Waals surface area contributed by atoms with Crippen LogP contribution in [0.25, 0.3) is 11.5 Å². The van der Waals surface area contributed by atoms with E-state index in [1.807, 2.05) is 0 Å². The van der Waals surface area contributed by atoms with Gasteiger partial charge in [-0.2, -0.15) is 0 Å². The summed E-state index contributed by atoms with van der Waals surface area (Å²) >= 11 is 3.19. The number of halogens is 1. The van der Waals surface area contributed by atoms with Gasteiger partial charge in [-0.3, -0.25) is 4.79 Å². The first kappa shape index (κ1) is 10.9. The van der Waals surface area contributed by atoms with E-state index in [9.17, 15) is 4.79 Å². The largest absolute Gasteiger partial charge is 0.481 e. The summed E-state index contributed by atoms with van der Waals surface area (Å²) in [5, 5.41) is 16.0. The zero-order chi connectivity index (χ0) is 11.5. The molecule has 0 amide bonds. The Morgan fingerprint density at radius 1 is 1.50 bits per heavy atom. The molecular formula is C9H7BrN2O4. The number of hydrogen-bond acceptors (Lipinski definition) is 5. The Balaban J connectivity index is 2.14. The minimum atomic E-state index is -0.899. The number of carboxylic acid groups (broad SMARTS) is 1. The van der Waals surface area contributed by atoms with Crippen molar-refractivity contribution in [2.24, 2.45) is 0 Å². The molecule has 0 unspecified atom stereocenters. The average molecular weight is 287 g/mol. The quantitative estimate of drug-likeness (QED) is 0.926. The molecule has 2 aromatic heterocycles. The van der Waals surface area contributed by atoms with E-state index in [1.165, 1.54) is 6.26 Å². The zero-order valence-corrected chi connectivity index (χ0v) is 9.60. The van der Waals surface area contributed by atoms with Crippen LogP contribution in [0, 0.1) is 0 Å². The van der Waals surface area contributed by atoms with Gasteiger partial charge in [-0.25, -0.2) is 0 Å². The number of nitrogens with zero attached hydrogens (tertiary/aromatic N) is 2. The molecule has 0 aliphatic heterocycles. The Morgan fingerprint density at radius 2 is 2.31 bits per heavy atom. The van der Waals surface area contributed by atoms with E-state index in [4.69, 9.17) is 13.9 Å². The maximum atomic E-state index is 10.3. The minimum absolute atomic E-state index is 0.0335. The Morgan fingerprint density at radius 3 is 2.94 bits per heavy atom. The van der Waals surface area contributed by atoms with Gasteiger partial charge in [-0.15, -0.1) is 10.2 Å². The second-order valence-corrected chi connectivity index (χ2v) is 3.72. The maximum absolute atomic E-state index is 10.3. The molecule has 7 heteroatoms. The van der Waals surface area contributed by atoms with Crippen LogP contribution in [0.15, 0.2) is 25.8 Å². The summed E-state index contributed by atoms with van der Waals surface area (Å²) in [5.74, 6) is -0.296. The number of aromatic nitrogens is 2. The summed E-state index contributed by atoms with van der Waals surface area (Å²) in [7, 11) is 0. The van der Waals surface area contributed by atoms with E-state index in [0.29, 0.717) is 22.0 Å². The van der Waals surface area contributed by atoms with Crippen LogP contribution in [-0.2, 0) is 11.2 Å². The summed E-state index contributed by atoms with van der Waals surface area (Å²) < 4.78 is 10.8. The van der Waals surface area contributed by atoms with Crippen LogP contribution in [0.2, 0.25) is 0 Å². The highest BCUT2D eigenvalue weighted by molar-refractivity contribution is 9.10. The summed E-state index contributed by atoms with van der Waals surface area (Å²) in [6.45, 7) is 0. The fraction of sp³-hybridized carbons (Fsp3) is 0.222.